The highest BCUT2D eigenvalue weighted by molar-refractivity contribution is 5.86. The molecule has 1 aliphatic heterocycles. The van der Waals surface area contributed by atoms with Crippen LogP contribution in [0.2, 0.25) is 0 Å². The molecule has 2 atom stereocenters. The van der Waals surface area contributed by atoms with Gasteiger partial charge in [0.25, 0.3) is 0 Å². The van der Waals surface area contributed by atoms with E-state index >= 15 is 0 Å². The summed E-state index contributed by atoms with van der Waals surface area (Å²) >= 11 is 0. The molecule has 0 aliphatic carbocycles. The molecule has 10 nitrogen and oxygen atoms in total. The van der Waals surface area contributed by atoms with E-state index in [0.29, 0.717) is 42.9 Å². The maximum atomic E-state index is 13.4. The van der Waals surface area contributed by atoms with Gasteiger partial charge in [-0.3, -0.25) is 4.57 Å². The molecule has 3 aromatic rings. The van der Waals surface area contributed by atoms with Gasteiger partial charge in [-0.1, -0.05) is 19.1 Å². The molecule has 1 fully saturated rings. The molecule has 0 bridgehead atoms. The standard InChI is InChI=1S/C28H34N6O4/c1-7-21-17-32(18(2)15-33(21)27(36)38-28(3,4)5)25-24-23(13-10-20(14-29)30-24)34(26(35)31-25)16-19-8-11-22(37-6)12-9-19/h8-13,18,21H,7,15-17H2,1-6H3/t18-,21+/m0/s1. The van der Waals surface area contributed by atoms with Crippen molar-refractivity contribution >= 4 is 22.9 Å². The number of ether oxygens (including phenoxy) is 2. The number of aromatic nitrogens is 3. The van der Waals surface area contributed by atoms with Crippen LogP contribution < -0.4 is 15.3 Å². The third-order valence-corrected chi connectivity index (χ3v) is 6.64. The number of piperazine rings is 1. The van der Waals surface area contributed by atoms with Crippen LogP contribution in [-0.4, -0.2) is 63.4 Å². The minimum Gasteiger partial charge on any atom is -0.497 e. The van der Waals surface area contributed by atoms with Gasteiger partial charge in [0.2, 0.25) is 0 Å². The number of nitrogens with zero attached hydrogens (tertiary/aromatic N) is 6. The highest BCUT2D eigenvalue weighted by atomic mass is 16.6. The number of hydrogen-bond acceptors (Lipinski definition) is 8. The average molecular weight is 519 g/mol. The number of pyridine rings is 1. The molecule has 0 N–H and O–H groups in total. The second kappa shape index (κ2) is 10.7. The summed E-state index contributed by atoms with van der Waals surface area (Å²) in [5, 5.41) is 9.54. The van der Waals surface area contributed by atoms with Gasteiger partial charge in [0.15, 0.2) is 5.82 Å². The van der Waals surface area contributed by atoms with E-state index in [1.54, 1.807) is 28.7 Å². The first kappa shape index (κ1) is 26.9. The van der Waals surface area contributed by atoms with Gasteiger partial charge in [0.1, 0.15) is 28.6 Å². The van der Waals surface area contributed by atoms with Crippen LogP contribution in [0.1, 0.15) is 52.3 Å². The number of fused-ring (bicyclic) bond motifs is 1. The van der Waals surface area contributed by atoms with Crippen LogP contribution in [0.4, 0.5) is 10.6 Å². The number of anilines is 1. The number of benzene rings is 1. The minimum absolute atomic E-state index is 0.140. The van der Waals surface area contributed by atoms with Crippen LogP contribution in [0.15, 0.2) is 41.2 Å². The summed E-state index contributed by atoms with van der Waals surface area (Å²) in [5.41, 5.74) is 1.19. The largest absolute Gasteiger partial charge is 0.497 e. The second-order valence-electron chi connectivity index (χ2n) is 10.5. The Bertz CT molecular complexity index is 1420. The van der Waals surface area contributed by atoms with Gasteiger partial charge in [-0.15, -0.1) is 0 Å². The van der Waals surface area contributed by atoms with E-state index in [9.17, 15) is 14.9 Å². The van der Waals surface area contributed by atoms with Gasteiger partial charge in [0, 0.05) is 19.1 Å². The van der Waals surface area contributed by atoms with Crippen molar-refractivity contribution in [3.63, 3.8) is 0 Å². The molecule has 200 valence electrons. The maximum absolute atomic E-state index is 13.4. The van der Waals surface area contributed by atoms with Crippen molar-refractivity contribution in [1.82, 2.24) is 19.4 Å². The molecule has 38 heavy (non-hydrogen) atoms. The molecule has 10 heteroatoms. The van der Waals surface area contributed by atoms with Crippen LogP contribution in [0.5, 0.6) is 5.75 Å². The molecule has 0 unspecified atom stereocenters. The molecule has 0 saturated carbocycles. The summed E-state index contributed by atoms with van der Waals surface area (Å²) in [6.07, 6.45) is 0.347. The summed E-state index contributed by atoms with van der Waals surface area (Å²) < 4.78 is 12.4. The Morgan fingerprint density at radius 1 is 1.13 bits per heavy atom. The highest BCUT2D eigenvalue weighted by Gasteiger charge is 2.37. The van der Waals surface area contributed by atoms with E-state index < -0.39 is 11.3 Å². The van der Waals surface area contributed by atoms with E-state index in [1.165, 1.54) is 0 Å². The van der Waals surface area contributed by atoms with E-state index in [0.717, 1.165) is 11.3 Å². The number of hydrogen-bond donors (Lipinski definition) is 0. The topological polar surface area (TPSA) is 114 Å². The first-order chi connectivity index (χ1) is 18.0. The Kier molecular flexibility index (Phi) is 7.58. The van der Waals surface area contributed by atoms with Crippen LogP contribution >= 0.6 is 0 Å². The Hall–Kier alpha value is -4.13. The van der Waals surface area contributed by atoms with Crippen molar-refractivity contribution in [2.24, 2.45) is 0 Å². The molecular formula is C28H34N6O4. The third-order valence-electron chi connectivity index (χ3n) is 6.64. The SMILES string of the molecule is CC[C@@H]1CN(c2nc(=O)n(Cc3ccc(OC)cc3)c3ccc(C#N)nc23)[C@@H](C)CN1C(=O)OC(C)(C)C. The Labute approximate surface area is 222 Å². The predicted octanol–water partition coefficient (Wildman–Crippen LogP) is 3.94. The molecule has 1 aromatic carbocycles. The first-order valence-corrected chi connectivity index (χ1v) is 12.8. The quantitative estimate of drug-likeness (QED) is 0.499. The number of methoxy groups -OCH3 is 1. The summed E-state index contributed by atoms with van der Waals surface area (Å²) in [4.78, 5) is 39.2. The molecule has 2 aromatic heterocycles. The van der Waals surface area contributed by atoms with Crippen molar-refractivity contribution < 1.29 is 14.3 Å². The number of rotatable bonds is 5. The lowest BCUT2D eigenvalue weighted by atomic mass is 10.1. The van der Waals surface area contributed by atoms with Gasteiger partial charge >= 0.3 is 11.8 Å². The summed E-state index contributed by atoms with van der Waals surface area (Å²) in [6.45, 7) is 10.7. The van der Waals surface area contributed by atoms with Gasteiger partial charge in [-0.25, -0.2) is 14.6 Å². The van der Waals surface area contributed by atoms with Gasteiger partial charge in [-0.05, 0) is 63.9 Å². The maximum Gasteiger partial charge on any atom is 0.410 e. The number of carbonyl (C=O) groups excluding carboxylic acids is 1. The summed E-state index contributed by atoms with van der Waals surface area (Å²) in [5.74, 6) is 1.15. The lowest BCUT2D eigenvalue weighted by Crippen LogP contribution is -2.60. The monoisotopic (exact) mass is 518 g/mol. The van der Waals surface area contributed by atoms with E-state index in [1.807, 2.05) is 63.8 Å². The van der Waals surface area contributed by atoms with Crippen LogP contribution in [0, 0.1) is 11.3 Å². The van der Waals surface area contributed by atoms with Crippen LogP contribution in [0.25, 0.3) is 11.0 Å². The zero-order valence-electron chi connectivity index (χ0n) is 22.8. The van der Waals surface area contributed by atoms with Crippen LogP contribution in [0.3, 0.4) is 0 Å². The van der Waals surface area contributed by atoms with E-state index in [2.05, 4.69) is 16.0 Å². The first-order valence-electron chi connectivity index (χ1n) is 12.8. The Balaban J connectivity index is 1.75. The summed E-state index contributed by atoms with van der Waals surface area (Å²) in [7, 11) is 1.60. The third kappa shape index (κ3) is 5.57. The van der Waals surface area contributed by atoms with Gasteiger partial charge < -0.3 is 19.3 Å². The zero-order valence-corrected chi connectivity index (χ0v) is 22.8. The van der Waals surface area contributed by atoms with Crippen molar-refractivity contribution in [2.45, 2.75) is 65.3 Å². The average Bonchev–Trinajstić information content (AvgIpc) is 2.89. The number of nitriles is 1. The summed E-state index contributed by atoms with van der Waals surface area (Å²) in [6, 6.07) is 12.6. The normalized spacial score (nSPS) is 17.8. The lowest BCUT2D eigenvalue weighted by Gasteiger charge is -2.45. The van der Waals surface area contributed by atoms with E-state index in [-0.39, 0.29) is 23.9 Å². The fraction of sp³-hybridized carbons (Fsp3) is 0.464. The van der Waals surface area contributed by atoms with Crippen molar-refractivity contribution in [2.75, 3.05) is 25.1 Å². The van der Waals surface area contributed by atoms with Gasteiger partial charge in [0.05, 0.1) is 25.2 Å². The Morgan fingerprint density at radius 3 is 2.45 bits per heavy atom. The van der Waals surface area contributed by atoms with Crippen molar-refractivity contribution in [3.05, 3.63) is 58.1 Å². The lowest BCUT2D eigenvalue weighted by molar-refractivity contribution is 0.0106. The zero-order chi connectivity index (χ0) is 27.6. The fourth-order valence-electron chi connectivity index (χ4n) is 4.70. The van der Waals surface area contributed by atoms with Crippen LogP contribution in [-0.2, 0) is 11.3 Å². The fourth-order valence-corrected chi connectivity index (χ4v) is 4.70. The second-order valence-corrected chi connectivity index (χ2v) is 10.5. The minimum atomic E-state index is -0.598. The van der Waals surface area contributed by atoms with E-state index in [4.69, 9.17) is 9.47 Å². The molecule has 3 heterocycles. The highest BCUT2D eigenvalue weighted by Crippen LogP contribution is 2.29. The molecule has 0 radical (unpaired) electrons. The molecule has 1 amide bonds. The Morgan fingerprint density at radius 2 is 1.84 bits per heavy atom. The smallest absolute Gasteiger partial charge is 0.410 e. The van der Waals surface area contributed by atoms with Gasteiger partial charge in [-0.2, -0.15) is 10.2 Å². The predicted molar refractivity (Wildman–Crippen MR) is 144 cm³/mol. The molecule has 1 aliphatic rings. The molecular weight excluding hydrogens is 484 g/mol. The molecule has 4 rings (SSSR count). The van der Waals surface area contributed by atoms with Crippen molar-refractivity contribution in [1.29, 1.82) is 5.26 Å². The van der Waals surface area contributed by atoms with Crippen molar-refractivity contribution in [3.8, 4) is 11.8 Å². The molecule has 0 spiro atoms. The molecule has 1 saturated heterocycles. The number of carbonyl (C=O) groups is 1. The number of amides is 1.